The molecule has 0 saturated carbocycles. The van der Waals surface area contributed by atoms with Gasteiger partial charge in [0.15, 0.2) is 5.82 Å². The van der Waals surface area contributed by atoms with E-state index in [-0.39, 0.29) is 11.6 Å². The zero-order valence-electron chi connectivity index (χ0n) is 11.0. The highest BCUT2D eigenvalue weighted by Crippen LogP contribution is 2.32. The Hall–Kier alpha value is -1.91. The van der Waals surface area contributed by atoms with Crippen LogP contribution in [0.3, 0.4) is 0 Å². The van der Waals surface area contributed by atoms with Gasteiger partial charge in [-0.1, -0.05) is 35.3 Å². The maximum absolute atomic E-state index is 13.9. The average Bonchev–Trinajstić information content (AvgIpc) is 2.47. The highest BCUT2D eigenvalue weighted by atomic mass is 35.5. The first-order valence-electron chi connectivity index (χ1n) is 6.19. The monoisotopic (exact) mass is 321 g/mol. The molecule has 0 fully saturated rings. The number of hydrogen-bond donors (Lipinski definition) is 1. The smallest absolute Gasteiger partial charge is 0.165 e. The molecule has 0 bridgehead atoms. The first-order valence-corrected chi connectivity index (χ1v) is 6.95. The summed E-state index contributed by atoms with van der Waals surface area (Å²) in [4.78, 5) is 8.73. The third-order valence-corrected chi connectivity index (χ3v) is 3.58. The summed E-state index contributed by atoms with van der Waals surface area (Å²) in [6, 6.07) is 9.66. The molecule has 6 heteroatoms. The third kappa shape index (κ3) is 2.52. The van der Waals surface area contributed by atoms with Crippen LogP contribution in [0.15, 0.2) is 36.4 Å². The summed E-state index contributed by atoms with van der Waals surface area (Å²) < 4.78 is 13.9. The molecule has 1 heterocycles. The molecule has 0 unspecified atom stereocenters. The van der Waals surface area contributed by atoms with E-state index in [9.17, 15) is 4.39 Å². The predicted molar refractivity (Wildman–Crippen MR) is 84.5 cm³/mol. The van der Waals surface area contributed by atoms with Gasteiger partial charge in [-0.05, 0) is 24.3 Å². The van der Waals surface area contributed by atoms with Crippen molar-refractivity contribution in [3.8, 4) is 11.4 Å². The molecule has 1 aromatic heterocycles. The molecule has 3 aromatic rings. The lowest BCUT2D eigenvalue weighted by molar-refractivity contribution is 0.630. The molecule has 0 spiro atoms. The van der Waals surface area contributed by atoms with Crippen molar-refractivity contribution < 1.29 is 4.39 Å². The van der Waals surface area contributed by atoms with Crippen molar-refractivity contribution in [2.75, 3.05) is 12.4 Å². The van der Waals surface area contributed by atoms with Gasteiger partial charge in [-0.3, -0.25) is 0 Å². The Labute approximate surface area is 130 Å². The largest absolute Gasteiger partial charge is 0.373 e. The van der Waals surface area contributed by atoms with Crippen LogP contribution in [0, 0.1) is 5.82 Å². The second-order valence-electron chi connectivity index (χ2n) is 4.41. The van der Waals surface area contributed by atoms with E-state index in [1.54, 1.807) is 37.4 Å². The Kier molecular flexibility index (Phi) is 3.66. The van der Waals surface area contributed by atoms with Crippen molar-refractivity contribution >= 4 is 39.9 Å². The van der Waals surface area contributed by atoms with Gasteiger partial charge in [-0.2, -0.15) is 0 Å². The number of hydrogen-bond acceptors (Lipinski definition) is 3. The molecule has 0 aliphatic heterocycles. The van der Waals surface area contributed by atoms with Crippen molar-refractivity contribution in [1.82, 2.24) is 9.97 Å². The van der Waals surface area contributed by atoms with Gasteiger partial charge < -0.3 is 5.32 Å². The zero-order valence-corrected chi connectivity index (χ0v) is 12.5. The van der Waals surface area contributed by atoms with Gasteiger partial charge in [0.1, 0.15) is 11.6 Å². The van der Waals surface area contributed by atoms with E-state index in [1.165, 1.54) is 6.07 Å². The normalized spacial score (nSPS) is 10.9. The van der Waals surface area contributed by atoms with Gasteiger partial charge in [0.25, 0.3) is 0 Å². The highest BCUT2D eigenvalue weighted by Gasteiger charge is 2.14. The second-order valence-corrected chi connectivity index (χ2v) is 5.25. The van der Waals surface area contributed by atoms with E-state index in [1.807, 2.05) is 0 Å². The Morgan fingerprint density at radius 1 is 1.10 bits per heavy atom. The lowest BCUT2D eigenvalue weighted by Gasteiger charge is -2.10. The van der Waals surface area contributed by atoms with E-state index < -0.39 is 0 Å². The molecule has 0 aliphatic rings. The average molecular weight is 322 g/mol. The molecule has 2 aromatic carbocycles. The molecule has 3 nitrogen and oxygen atoms in total. The van der Waals surface area contributed by atoms with Gasteiger partial charge in [-0.15, -0.1) is 0 Å². The van der Waals surface area contributed by atoms with Crippen LogP contribution < -0.4 is 5.32 Å². The van der Waals surface area contributed by atoms with E-state index in [4.69, 9.17) is 23.2 Å². The van der Waals surface area contributed by atoms with Crippen LogP contribution in [0.1, 0.15) is 0 Å². The summed E-state index contributed by atoms with van der Waals surface area (Å²) >= 11 is 12.2. The van der Waals surface area contributed by atoms with Crippen molar-refractivity contribution in [2.24, 2.45) is 0 Å². The molecule has 0 radical (unpaired) electrons. The van der Waals surface area contributed by atoms with Crippen LogP contribution in [-0.4, -0.2) is 17.0 Å². The number of benzene rings is 2. The van der Waals surface area contributed by atoms with Gasteiger partial charge in [-0.25, -0.2) is 14.4 Å². The molecular formula is C15H10Cl2FN3. The maximum atomic E-state index is 13.9. The molecular weight excluding hydrogens is 312 g/mol. The Morgan fingerprint density at radius 3 is 2.57 bits per heavy atom. The predicted octanol–water partition coefficient (Wildman–Crippen LogP) is 4.78. The zero-order chi connectivity index (χ0) is 15.0. The fourth-order valence-corrected chi connectivity index (χ4v) is 2.65. The van der Waals surface area contributed by atoms with Crippen molar-refractivity contribution in [2.45, 2.75) is 0 Å². The quantitative estimate of drug-likeness (QED) is 0.737. The summed E-state index contributed by atoms with van der Waals surface area (Å²) in [6.07, 6.45) is 0. The minimum atomic E-state index is -0.385. The van der Waals surface area contributed by atoms with Crippen LogP contribution in [0.25, 0.3) is 22.3 Å². The van der Waals surface area contributed by atoms with Crippen LogP contribution >= 0.6 is 23.2 Å². The van der Waals surface area contributed by atoms with Crippen LogP contribution in [0.4, 0.5) is 10.2 Å². The van der Waals surface area contributed by atoms with Crippen molar-refractivity contribution in [1.29, 1.82) is 0 Å². The lowest BCUT2D eigenvalue weighted by atomic mass is 10.1. The van der Waals surface area contributed by atoms with E-state index in [0.29, 0.717) is 32.3 Å². The standard InChI is InChI=1S/C15H10Cl2FN3/c1-19-14-10-6-8(16)7-11(17)13(10)20-15(21-14)9-4-2-3-5-12(9)18/h2-7H,1H3,(H,19,20,21). The molecule has 0 atom stereocenters. The summed E-state index contributed by atoms with van der Waals surface area (Å²) in [6.45, 7) is 0. The molecule has 0 aliphatic carbocycles. The van der Waals surface area contributed by atoms with E-state index in [0.717, 1.165) is 0 Å². The lowest BCUT2D eigenvalue weighted by Crippen LogP contribution is -2.00. The van der Waals surface area contributed by atoms with Crippen molar-refractivity contribution in [3.05, 3.63) is 52.3 Å². The maximum Gasteiger partial charge on any atom is 0.165 e. The third-order valence-electron chi connectivity index (χ3n) is 3.07. The summed E-state index contributed by atoms with van der Waals surface area (Å²) in [7, 11) is 1.72. The first kappa shape index (κ1) is 14.0. The summed E-state index contributed by atoms with van der Waals surface area (Å²) in [5.74, 6) is 0.431. The Balaban J connectivity index is 2.34. The topological polar surface area (TPSA) is 37.8 Å². The van der Waals surface area contributed by atoms with Crippen LogP contribution in [0.2, 0.25) is 10.0 Å². The number of halogens is 3. The fraction of sp³-hybridized carbons (Fsp3) is 0.0667. The fourth-order valence-electron chi connectivity index (χ4n) is 2.11. The SMILES string of the molecule is CNc1nc(-c2ccccc2F)nc2c(Cl)cc(Cl)cc12. The van der Waals surface area contributed by atoms with Crippen LogP contribution in [-0.2, 0) is 0 Å². The number of anilines is 1. The Bertz CT molecular complexity index is 837. The van der Waals surface area contributed by atoms with Gasteiger partial charge in [0, 0.05) is 17.5 Å². The molecule has 21 heavy (non-hydrogen) atoms. The first-order chi connectivity index (χ1) is 10.1. The molecule has 0 saturated heterocycles. The van der Waals surface area contributed by atoms with Gasteiger partial charge >= 0.3 is 0 Å². The minimum Gasteiger partial charge on any atom is -0.373 e. The highest BCUT2D eigenvalue weighted by molar-refractivity contribution is 6.38. The number of fused-ring (bicyclic) bond motifs is 1. The van der Waals surface area contributed by atoms with Gasteiger partial charge in [0.2, 0.25) is 0 Å². The van der Waals surface area contributed by atoms with Crippen molar-refractivity contribution in [3.63, 3.8) is 0 Å². The number of nitrogens with zero attached hydrogens (tertiary/aromatic N) is 2. The molecule has 3 rings (SSSR count). The van der Waals surface area contributed by atoms with E-state index in [2.05, 4.69) is 15.3 Å². The van der Waals surface area contributed by atoms with E-state index >= 15 is 0 Å². The number of nitrogens with one attached hydrogen (secondary N) is 1. The summed E-state index contributed by atoms with van der Waals surface area (Å²) in [5, 5.41) is 4.54. The molecule has 106 valence electrons. The number of rotatable bonds is 2. The summed E-state index contributed by atoms with van der Waals surface area (Å²) in [5.41, 5.74) is 0.848. The van der Waals surface area contributed by atoms with Crippen LogP contribution in [0.5, 0.6) is 0 Å². The minimum absolute atomic E-state index is 0.272. The Morgan fingerprint density at radius 2 is 1.86 bits per heavy atom. The number of aromatic nitrogens is 2. The molecule has 1 N–H and O–H groups in total. The van der Waals surface area contributed by atoms with Gasteiger partial charge in [0.05, 0.1) is 16.1 Å². The molecule has 0 amide bonds. The second kappa shape index (κ2) is 5.47.